The maximum atomic E-state index is 11.4. The molecule has 0 saturated heterocycles. The van der Waals surface area contributed by atoms with Gasteiger partial charge in [-0.15, -0.1) is 0 Å². The summed E-state index contributed by atoms with van der Waals surface area (Å²) in [5.74, 6) is 1.32. The largest absolute Gasteiger partial charge is 0.466 e. The van der Waals surface area contributed by atoms with Gasteiger partial charge >= 0.3 is 5.97 Å². The number of benzene rings is 1. The Kier molecular flexibility index (Phi) is 6.69. The first-order chi connectivity index (χ1) is 11.1. The van der Waals surface area contributed by atoms with Gasteiger partial charge in [0, 0.05) is 18.2 Å². The van der Waals surface area contributed by atoms with Crippen molar-refractivity contribution in [2.45, 2.75) is 52.5 Å². The van der Waals surface area contributed by atoms with Gasteiger partial charge in [0.15, 0.2) is 0 Å². The summed E-state index contributed by atoms with van der Waals surface area (Å²) in [5, 5.41) is 3.57. The normalized spacial score (nSPS) is 20.5. The molecular formula is C20H29NO2. The molecule has 3 nitrogen and oxygen atoms in total. The molecule has 0 saturated carbocycles. The van der Waals surface area contributed by atoms with E-state index in [1.165, 1.54) is 18.4 Å². The SMILES string of the molecule is CCOC(=O)CCc1ccc(NC2C=CC(C(C)C)CC2)cc1. The van der Waals surface area contributed by atoms with Crippen molar-refractivity contribution < 1.29 is 9.53 Å². The van der Waals surface area contributed by atoms with Gasteiger partial charge in [-0.3, -0.25) is 4.79 Å². The highest BCUT2D eigenvalue weighted by atomic mass is 16.5. The van der Waals surface area contributed by atoms with E-state index >= 15 is 0 Å². The molecule has 23 heavy (non-hydrogen) atoms. The maximum Gasteiger partial charge on any atom is 0.306 e. The lowest BCUT2D eigenvalue weighted by molar-refractivity contribution is -0.143. The average Bonchev–Trinajstić information content (AvgIpc) is 2.55. The molecule has 126 valence electrons. The van der Waals surface area contributed by atoms with Crippen LogP contribution in [0.3, 0.4) is 0 Å². The molecule has 1 aromatic rings. The van der Waals surface area contributed by atoms with Gasteiger partial charge in [0.05, 0.1) is 6.61 Å². The fraction of sp³-hybridized carbons (Fsp3) is 0.550. The molecule has 0 aromatic heterocycles. The zero-order valence-corrected chi connectivity index (χ0v) is 14.5. The van der Waals surface area contributed by atoms with Crippen LogP contribution in [0.4, 0.5) is 5.69 Å². The van der Waals surface area contributed by atoms with Gasteiger partial charge in [-0.1, -0.05) is 38.1 Å². The van der Waals surface area contributed by atoms with Gasteiger partial charge in [0.2, 0.25) is 0 Å². The predicted molar refractivity (Wildman–Crippen MR) is 95.5 cm³/mol. The van der Waals surface area contributed by atoms with E-state index in [0.29, 0.717) is 19.1 Å². The predicted octanol–water partition coefficient (Wildman–Crippen LogP) is 4.59. The lowest BCUT2D eigenvalue weighted by Gasteiger charge is -2.26. The smallest absolute Gasteiger partial charge is 0.306 e. The van der Waals surface area contributed by atoms with Crippen molar-refractivity contribution in [2.24, 2.45) is 11.8 Å². The molecule has 1 N–H and O–H groups in total. The highest BCUT2D eigenvalue weighted by molar-refractivity contribution is 5.69. The van der Waals surface area contributed by atoms with Crippen molar-refractivity contribution >= 4 is 11.7 Å². The zero-order chi connectivity index (χ0) is 16.7. The first-order valence-electron chi connectivity index (χ1n) is 8.78. The van der Waals surface area contributed by atoms with Crippen LogP contribution in [-0.4, -0.2) is 18.6 Å². The topological polar surface area (TPSA) is 38.3 Å². The molecule has 0 fully saturated rings. The molecule has 0 bridgehead atoms. The molecule has 1 aromatic carbocycles. The van der Waals surface area contributed by atoms with Crippen LogP contribution in [0.2, 0.25) is 0 Å². The molecule has 0 spiro atoms. The fourth-order valence-electron chi connectivity index (χ4n) is 2.98. The van der Waals surface area contributed by atoms with E-state index in [2.05, 4.69) is 55.6 Å². The number of anilines is 1. The van der Waals surface area contributed by atoms with Crippen LogP contribution in [0, 0.1) is 11.8 Å². The van der Waals surface area contributed by atoms with Gasteiger partial charge in [0.1, 0.15) is 0 Å². The van der Waals surface area contributed by atoms with Gasteiger partial charge in [-0.2, -0.15) is 0 Å². The number of esters is 1. The number of aryl methyl sites for hydroxylation is 1. The maximum absolute atomic E-state index is 11.4. The van der Waals surface area contributed by atoms with E-state index < -0.39 is 0 Å². The molecular weight excluding hydrogens is 286 g/mol. The van der Waals surface area contributed by atoms with E-state index in [9.17, 15) is 4.79 Å². The first kappa shape index (κ1) is 17.6. The summed E-state index contributed by atoms with van der Waals surface area (Å²) in [6.45, 7) is 6.87. The fourth-order valence-corrected chi connectivity index (χ4v) is 2.98. The van der Waals surface area contributed by atoms with E-state index in [0.717, 1.165) is 23.9 Å². The number of carbonyl (C=O) groups is 1. The number of hydrogen-bond donors (Lipinski definition) is 1. The summed E-state index contributed by atoms with van der Waals surface area (Å²) in [5.41, 5.74) is 2.31. The molecule has 0 radical (unpaired) electrons. The Labute approximate surface area is 140 Å². The molecule has 0 amide bonds. The quantitative estimate of drug-likeness (QED) is 0.591. The van der Waals surface area contributed by atoms with Crippen molar-refractivity contribution in [2.75, 3.05) is 11.9 Å². The van der Waals surface area contributed by atoms with Crippen LogP contribution < -0.4 is 5.32 Å². The Morgan fingerprint density at radius 3 is 2.52 bits per heavy atom. The zero-order valence-electron chi connectivity index (χ0n) is 14.5. The number of hydrogen-bond acceptors (Lipinski definition) is 3. The molecule has 1 aliphatic carbocycles. The Hall–Kier alpha value is -1.77. The molecule has 2 unspecified atom stereocenters. The number of carbonyl (C=O) groups excluding carboxylic acids is 1. The third kappa shape index (κ3) is 5.74. The third-order valence-corrected chi connectivity index (χ3v) is 4.49. The van der Waals surface area contributed by atoms with E-state index in [4.69, 9.17) is 4.74 Å². The Bertz CT molecular complexity index is 519. The van der Waals surface area contributed by atoms with E-state index in [1.54, 1.807) is 0 Å². The minimum atomic E-state index is -0.123. The third-order valence-electron chi connectivity index (χ3n) is 4.49. The summed E-state index contributed by atoms with van der Waals surface area (Å²) in [7, 11) is 0. The average molecular weight is 315 g/mol. The number of ether oxygens (including phenoxy) is 1. The summed E-state index contributed by atoms with van der Waals surface area (Å²) >= 11 is 0. The standard InChI is InChI=1S/C20H29NO2/c1-4-23-20(22)14-7-16-5-10-18(11-6-16)21-19-12-8-17(9-13-19)15(2)3/h5-6,8,10-12,15,17,19,21H,4,7,9,13-14H2,1-3H3. The van der Waals surface area contributed by atoms with Crippen molar-refractivity contribution in [1.29, 1.82) is 0 Å². The van der Waals surface area contributed by atoms with Crippen molar-refractivity contribution in [3.05, 3.63) is 42.0 Å². The Balaban J connectivity index is 1.81. The van der Waals surface area contributed by atoms with Gasteiger partial charge in [-0.25, -0.2) is 0 Å². The number of allylic oxidation sites excluding steroid dienone is 1. The summed E-state index contributed by atoms with van der Waals surface area (Å²) in [4.78, 5) is 11.4. The lowest BCUT2D eigenvalue weighted by Crippen LogP contribution is -2.23. The summed E-state index contributed by atoms with van der Waals surface area (Å²) in [6.07, 6.45) is 8.29. The number of nitrogens with one attached hydrogen (secondary N) is 1. The minimum absolute atomic E-state index is 0.123. The molecule has 2 rings (SSSR count). The van der Waals surface area contributed by atoms with Gasteiger partial charge < -0.3 is 10.1 Å². The summed E-state index contributed by atoms with van der Waals surface area (Å²) in [6, 6.07) is 8.80. The lowest BCUT2D eigenvalue weighted by atomic mass is 9.85. The second kappa shape index (κ2) is 8.76. The first-order valence-corrected chi connectivity index (χ1v) is 8.78. The monoisotopic (exact) mass is 315 g/mol. The van der Waals surface area contributed by atoms with Crippen LogP contribution >= 0.6 is 0 Å². The van der Waals surface area contributed by atoms with E-state index in [-0.39, 0.29) is 5.97 Å². The molecule has 0 heterocycles. The van der Waals surface area contributed by atoms with Gasteiger partial charge in [0.25, 0.3) is 0 Å². The second-order valence-electron chi connectivity index (χ2n) is 6.62. The Morgan fingerprint density at radius 1 is 1.22 bits per heavy atom. The Morgan fingerprint density at radius 2 is 1.96 bits per heavy atom. The molecule has 1 aliphatic rings. The van der Waals surface area contributed by atoms with Crippen molar-refractivity contribution in [3.63, 3.8) is 0 Å². The highest BCUT2D eigenvalue weighted by Gasteiger charge is 2.17. The summed E-state index contributed by atoms with van der Waals surface area (Å²) < 4.78 is 4.95. The van der Waals surface area contributed by atoms with Crippen LogP contribution in [0.5, 0.6) is 0 Å². The minimum Gasteiger partial charge on any atom is -0.466 e. The van der Waals surface area contributed by atoms with Crippen LogP contribution in [0.1, 0.15) is 45.6 Å². The molecule has 3 heteroatoms. The highest BCUT2D eigenvalue weighted by Crippen LogP contribution is 2.26. The van der Waals surface area contributed by atoms with Crippen LogP contribution in [0.25, 0.3) is 0 Å². The van der Waals surface area contributed by atoms with Gasteiger partial charge in [-0.05, 0) is 55.7 Å². The van der Waals surface area contributed by atoms with Crippen molar-refractivity contribution in [3.8, 4) is 0 Å². The van der Waals surface area contributed by atoms with Crippen LogP contribution in [0.15, 0.2) is 36.4 Å². The molecule has 0 aliphatic heterocycles. The van der Waals surface area contributed by atoms with Crippen LogP contribution in [-0.2, 0) is 16.0 Å². The van der Waals surface area contributed by atoms with Crippen molar-refractivity contribution in [1.82, 2.24) is 0 Å². The van der Waals surface area contributed by atoms with E-state index in [1.807, 2.05) is 6.92 Å². The number of rotatable bonds is 7. The second-order valence-corrected chi connectivity index (χ2v) is 6.62. The molecule has 2 atom stereocenters.